The third kappa shape index (κ3) is 3.97. The molecule has 1 unspecified atom stereocenters. The average Bonchev–Trinajstić information content (AvgIpc) is 3.12. The van der Waals surface area contributed by atoms with Gasteiger partial charge in [0, 0.05) is 6.07 Å². The zero-order valence-corrected chi connectivity index (χ0v) is 15.9. The van der Waals surface area contributed by atoms with Crippen LogP contribution in [0.25, 0.3) is 5.82 Å². The molecular weight excluding hydrogens is 342 g/mol. The molecule has 0 aliphatic carbocycles. The lowest BCUT2D eigenvalue weighted by Gasteiger charge is -2.15. The highest BCUT2D eigenvalue weighted by Crippen LogP contribution is 2.18. The molecule has 3 rings (SSSR count). The quantitative estimate of drug-likeness (QED) is 0.726. The second kappa shape index (κ2) is 7.99. The Bertz CT molecular complexity index is 917. The first kappa shape index (κ1) is 18.6. The Kier molecular flexibility index (Phi) is 5.49. The lowest BCUT2D eigenvalue weighted by atomic mass is 10.1. The maximum Gasteiger partial charge on any atom is 0.255 e. The van der Waals surface area contributed by atoms with Gasteiger partial charge in [0.1, 0.15) is 0 Å². The molecule has 0 fully saturated rings. The zero-order chi connectivity index (χ0) is 19.4. The molecule has 0 radical (unpaired) electrons. The number of hydrogen-bond donors (Lipinski definition) is 1. The van der Waals surface area contributed by atoms with E-state index in [-0.39, 0.29) is 11.9 Å². The number of methoxy groups -OCH3 is 1. The van der Waals surface area contributed by atoms with Crippen molar-refractivity contribution in [2.24, 2.45) is 0 Å². The van der Waals surface area contributed by atoms with E-state index in [2.05, 4.69) is 20.6 Å². The summed E-state index contributed by atoms with van der Waals surface area (Å²) in [5, 5.41) is 15.5. The number of ether oxygens (including phenoxy) is 1. The van der Waals surface area contributed by atoms with Crippen molar-refractivity contribution in [1.29, 1.82) is 0 Å². The number of amides is 1. The molecule has 0 bridgehead atoms. The topological polar surface area (TPSA) is 81.9 Å². The number of carbonyl (C=O) groups excluding carboxylic acids is 1. The molecule has 2 aromatic heterocycles. The zero-order valence-electron chi connectivity index (χ0n) is 15.9. The number of rotatable bonds is 6. The summed E-state index contributed by atoms with van der Waals surface area (Å²) in [6.45, 7) is 5.98. The van der Waals surface area contributed by atoms with Gasteiger partial charge in [-0.25, -0.2) is 4.68 Å². The van der Waals surface area contributed by atoms with Crippen LogP contribution < -0.4 is 10.1 Å². The summed E-state index contributed by atoms with van der Waals surface area (Å²) in [7, 11) is 1.53. The van der Waals surface area contributed by atoms with E-state index in [0.29, 0.717) is 23.7 Å². The van der Waals surface area contributed by atoms with Gasteiger partial charge in [-0.2, -0.15) is 5.10 Å². The van der Waals surface area contributed by atoms with Crippen molar-refractivity contribution in [1.82, 2.24) is 25.3 Å². The van der Waals surface area contributed by atoms with Crippen LogP contribution in [-0.2, 0) is 6.42 Å². The minimum atomic E-state index is -0.160. The first-order valence-electron chi connectivity index (χ1n) is 8.86. The second-order valence-electron chi connectivity index (χ2n) is 6.31. The van der Waals surface area contributed by atoms with Crippen LogP contribution >= 0.6 is 0 Å². The smallest absolute Gasteiger partial charge is 0.255 e. The van der Waals surface area contributed by atoms with Gasteiger partial charge in [0.15, 0.2) is 5.82 Å². The highest BCUT2D eigenvalue weighted by atomic mass is 16.5. The van der Waals surface area contributed by atoms with E-state index in [9.17, 15) is 4.79 Å². The molecular formula is C20H23N5O2. The van der Waals surface area contributed by atoms with Gasteiger partial charge in [-0.05, 0) is 31.9 Å². The van der Waals surface area contributed by atoms with E-state index >= 15 is 0 Å². The van der Waals surface area contributed by atoms with Crippen LogP contribution in [0.1, 0.15) is 47.1 Å². The van der Waals surface area contributed by atoms with Crippen molar-refractivity contribution in [2.45, 2.75) is 33.2 Å². The average molecular weight is 365 g/mol. The summed E-state index contributed by atoms with van der Waals surface area (Å²) in [6.07, 6.45) is 2.21. The van der Waals surface area contributed by atoms with E-state index in [1.54, 1.807) is 23.0 Å². The first-order valence-corrected chi connectivity index (χ1v) is 8.86. The fourth-order valence-electron chi connectivity index (χ4n) is 2.85. The molecule has 7 nitrogen and oxygen atoms in total. The van der Waals surface area contributed by atoms with Gasteiger partial charge >= 0.3 is 0 Å². The second-order valence-corrected chi connectivity index (χ2v) is 6.31. The Morgan fingerprint density at radius 2 is 1.93 bits per heavy atom. The Balaban J connectivity index is 1.82. The molecule has 0 saturated heterocycles. The molecule has 3 aromatic rings. The molecule has 1 aromatic carbocycles. The van der Waals surface area contributed by atoms with Crippen LogP contribution in [-0.4, -0.2) is 33.0 Å². The molecule has 140 valence electrons. The minimum Gasteiger partial charge on any atom is -0.480 e. The van der Waals surface area contributed by atoms with Crippen LogP contribution in [0.3, 0.4) is 0 Å². The predicted molar refractivity (Wildman–Crippen MR) is 102 cm³/mol. The highest BCUT2D eigenvalue weighted by Gasteiger charge is 2.20. The van der Waals surface area contributed by atoms with Gasteiger partial charge < -0.3 is 10.1 Å². The maximum absolute atomic E-state index is 12.8. The standard InChI is InChI=1S/C20H23N5O2/c1-5-17-16(12-21-25(17)18-10-11-19(27-4)24-23-18)20(26)22-14(3)15-8-6-13(2)7-9-15/h6-12,14H,5H2,1-4H3,(H,22,26). The summed E-state index contributed by atoms with van der Waals surface area (Å²) in [6, 6.07) is 11.5. The van der Waals surface area contributed by atoms with Gasteiger partial charge in [0.25, 0.3) is 5.91 Å². The molecule has 0 saturated carbocycles. The molecule has 2 heterocycles. The van der Waals surface area contributed by atoms with Crippen molar-refractivity contribution in [3.63, 3.8) is 0 Å². The molecule has 0 aliphatic heterocycles. The number of carbonyl (C=O) groups is 1. The van der Waals surface area contributed by atoms with Crippen molar-refractivity contribution >= 4 is 5.91 Å². The molecule has 7 heteroatoms. The van der Waals surface area contributed by atoms with E-state index in [1.165, 1.54) is 12.7 Å². The molecule has 1 atom stereocenters. The van der Waals surface area contributed by atoms with Crippen molar-refractivity contribution in [3.8, 4) is 11.7 Å². The number of aromatic nitrogens is 4. The van der Waals surface area contributed by atoms with Gasteiger partial charge in [0.2, 0.25) is 5.88 Å². The van der Waals surface area contributed by atoms with E-state index < -0.39 is 0 Å². The minimum absolute atomic E-state index is 0.105. The summed E-state index contributed by atoms with van der Waals surface area (Å²) in [5.74, 6) is 0.805. The fourth-order valence-corrected chi connectivity index (χ4v) is 2.85. The molecule has 27 heavy (non-hydrogen) atoms. The number of aryl methyl sites for hydroxylation is 1. The Morgan fingerprint density at radius 3 is 2.52 bits per heavy atom. The monoisotopic (exact) mass is 365 g/mol. The lowest BCUT2D eigenvalue weighted by molar-refractivity contribution is 0.0939. The number of benzene rings is 1. The molecule has 1 N–H and O–H groups in total. The normalized spacial score (nSPS) is 11.9. The van der Waals surface area contributed by atoms with Crippen LogP contribution in [0.4, 0.5) is 0 Å². The Hall–Kier alpha value is -3.22. The summed E-state index contributed by atoms with van der Waals surface area (Å²) < 4.78 is 6.67. The Labute approximate surface area is 158 Å². The number of nitrogens with zero attached hydrogens (tertiary/aromatic N) is 4. The summed E-state index contributed by atoms with van der Waals surface area (Å²) >= 11 is 0. The maximum atomic E-state index is 12.8. The van der Waals surface area contributed by atoms with Crippen molar-refractivity contribution in [3.05, 3.63) is 65.0 Å². The van der Waals surface area contributed by atoms with Crippen molar-refractivity contribution < 1.29 is 9.53 Å². The van der Waals surface area contributed by atoms with Gasteiger partial charge in [0.05, 0.1) is 30.6 Å². The molecule has 1 amide bonds. The van der Waals surface area contributed by atoms with Crippen LogP contribution in [0.5, 0.6) is 5.88 Å². The van der Waals surface area contributed by atoms with Crippen LogP contribution in [0, 0.1) is 6.92 Å². The number of hydrogen-bond acceptors (Lipinski definition) is 5. The van der Waals surface area contributed by atoms with Crippen LogP contribution in [0.2, 0.25) is 0 Å². The lowest BCUT2D eigenvalue weighted by Crippen LogP contribution is -2.27. The SMILES string of the molecule is CCc1c(C(=O)NC(C)c2ccc(C)cc2)cnn1-c1ccc(OC)nn1. The first-order chi connectivity index (χ1) is 13.0. The third-order valence-corrected chi connectivity index (χ3v) is 4.43. The fraction of sp³-hybridized carbons (Fsp3) is 0.300. The van der Waals surface area contributed by atoms with Crippen LogP contribution in [0.15, 0.2) is 42.6 Å². The predicted octanol–water partition coefficient (Wildman–Crippen LogP) is 3.03. The molecule has 0 spiro atoms. The summed E-state index contributed by atoms with van der Waals surface area (Å²) in [4.78, 5) is 12.8. The van der Waals surface area contributed by atoms with E-state index in [1.807, 2.05) is 45.0 Å². The van der Waals surface area contributed by atoms with E-state index in [4.69, 9.17) is 4.74 Å². The van der Waals surface area contributed by atoms with Gasteiger partial charge in [-0.15, -0.1) is 10.2 Å². The highest BCUT2D eigenvalue weighted by molar-refractivity contribution is 5.95. The largest absolute Gasteiger partial charge is 0.480 e. The van der Waals surface area contributed by atoms with E-state index in [0.717, 1.165) is 11.3 Å². The van der Waals surface area contributed by atoms with Gasteiger partial charge in [-0.1, -0.05) is 36.8 Å². The Morgan fingerprint density at radius 1 is 1.19 bits per heavy atom. The number of nitrogens with one attached hydrogen (secondary N) is 1. The molecule has 0 aliphatic rings. The third-order valence-electron chi connectivity index (χ3n) is 4.43. The van der Waals surface area contributed by atoms with Gasteiger partial charge in [-0.3, -0.25) is 4.79 Å². The van der Waals surface area contributed by atoms with Crippen molar-refractivity contribution in [2.75, 3.05) is 7.11 Å². The summed E-state index contributed by atoms with van der Waals surface area (Å²) in [5.41, 5.74) is 3.56.